The molecule has 5 nitrogen and oxygen atoms in total. The van der Waals surface area contributed by atoms with Crippen LogP contribution in [-0.4, -0.2) is 22.9 Å². The van der Waals surface area contributed by atoms with Gasteiger partial charge in [-0.25, -0.2) is 0 Å². The topological polar surface area (TPSA) is 74.2 Å². The van der Waals surface area contributed by atoms with Crippen LogP contribution in [0.25, 0.3) is 11.5 Å². The van der Waals surface area contributed by atoms with Crippen molar-refractivity contribution in [3.8, 4) is 11.5 Å². The molecule has 0 bridgehead atoms. The molecule has 0 radical (unpaired) electrons. The van der Waals surface area contributed by atoms with Crippen LogP contribution in [0.3, 0.4) is 0 Å². The summed E-state index contributed by atoms with van der Waals surface area (Å²) in [5.74, 6) is 0.896. The number of halogens is 1. The molecule has 1 fully saturated rings. The minimum Gasteiger partial charge on any atom is -0.376 e. The number of rotatable bonds is 5. The van der Waals surface area contributed by atoms with Gasteiger partial charge in [0.05, 0.1) is 18.8 Å². The molecule has 1 aliphatic carbocycles. The maximum atomic E-state index is 6.11. The van der Waals surface area contributed by atoms with E-state index in [-0.39, 0.29) is 6.04 Å². The van der Waals surface area contributed by atoms with Crippen LogP contribution < -0.4 is 5.73 Å². The van der Waals surface area contributed by atoms with Gasteiger partial charge in [-0.15, -0.1) is 0 Å². The lowest BCUT2D eigenvalue weighted by atomic mass is 9.96. The van der Waals surface area contributed by atoms with Crippen molar-refractivity contribution in [2.45, 2.75) is 38.3 Å². The van der Waals surface area contributed by atoms with Gasteiger partial charge >= 0.3 is 0 Å². The molecule has 0 amide bonds. The van der Waals surface area contributed by atoms with Gasteiger partial charge in [0.25, 0.3) is 5.89 Å². The Bertz CT molecular complexity index is 625. The molecule has 0 spiro atoms. The van der Waals surface area contributed by atoms with Gasteiger partial charge in [-0.2, -0.15) is 4.98 Å². The molecule has 1 heterocycles. The third kappa shape index (κ3) is 3.10. The van der Waals surface area contributed by atoms with Gasteiger partial charge in [0.15, 0.2) is 5.82 Å². The molecule has 1 saturated carbocycles. The second-order valence-corrected chi connectivity index (χ2v) is 5.77. The third-order valence-electron chi connectivity index (χ3n) is 3.84. The Morgan fingerprint density at radius 1 is 1.48 bits per heavy atom. The standard InChI is InChI=1S/C15H18ClN3O2/c1-9-11(6-3-7-12(9)16)15-18-14(19-21-15)13(17)8-20-10-4-2-5-10/h3,6-7,10,13H,2,4-5,8,17H2,1H3. The van der Waals surface area contributed by atoms with Gasteiger partial charge in [0.2, 0.25) is 0 Å². The van der Waals surface area contributed by atoms with E-state index in [1.54, 1.807) is 0 Å². The molecular formula is C15H18ClN3O2. The Hall–Kier alpha value is -1.43. The third-order valence-corrected chi connectivity index (χ3v) is 4.24. The Morgan fingerprint density at radius 2 is 2.29 bits per heavy atom. The summed E-state index contributed by atoms with van der Waals surface area (Å²) in [6.07, 6.45) is 3.82. The lowest BCUT2D eigenvalue weighted by Crippen LogP contribution is -2.27. The van der Waals surface area contributed by atoms with Crippen LogP contribution in [0.1, 0.15) is 36.7 Å². The molecule has 3 rings (SSSR count). The van der Waals surface area contributed by atoms with Crippen LogP contribution in [0.4, 0.5) is 0 Å². The molecule has 2 N–H and O–H groups in total. The van der Waals surface area contributed by atoms with Gasteiger partial charge in [-0.3, -0.25) is 0 Å². The van der Waals surface area contributed by atoms with Gasteiger partial charge in [-0.1, -0.05) is 22.8 Å². The van der Waals surface area contributed by atoms with Gasteiger partial charge in [0.1, 0.15) is 0 Å². The van der Waals surface area contributed by atoms with Crippen molar-refractivity contribution in [1.29, 1.82) is 0 Å². The minimum atomic E-state index is -0.373. The van der Waals surface area contributed by atoms with Crippen LogP contribution in [0.2, 0.25) is 5.02 Å². The number of aromatic nitrogens is 2. The number of hydrogen-bond donors (Lipinski definition) is 1. The average Bonchev–Trinajstić information content (AvgIpc) is 2.89. The van der Waals surface area contributed by atoms with Crippen molar-refractivity contribution in [1.82, 2.24) is 10.1 Å². The Kier molecular flexibility index (Phi) is 4.24. The first-order chi connectivity index (χ1) is 10.1. The molecule has 1 unspecified atom stereocenters. The highest BCUT2D eigenvalue weighted by molar-refractivity contribution is 6.31. The quantitative estimate of drug-likeness (QED) is 0.917. The first-order valence-corrected chi connectivity index (χ1v) is 7.49. The van der Waals surface area contributed by atoms with Crippen LogP contribution in [0.15, 0.2) is 22.7 Å². The second-order valence-electron chi connectivity index (χ2n) is 5.36. The molecule has 6 heteroatoms. The molecule has 21 heavy (non-hydrogen) atoms. The molecule has 1 aliphatic rings. The summed E-state index contributed by atoms with van der Waals surface area (Å²) in [6.45, 7) is 2.33. The molecule has 1 aromatic heterocycles. The lowest BCUT2D eigenvalue weighted by Gasteiger charge is -2.26. The average molecular weight is 308 g/mol. The zero-order valence-corrected chi connectivity index (χ0v) is 12.6. The van der Waals surface area contributed by atoms with E-state index in [1.807, 2.05) is 25.1 Å². The lowest BCUT2D eigenvalue weighted by molar-refractivity contribution is -0.00549. The molecular weight excluding hydrogens is 290 g/mol. The van der Waals surface area contributed by atoms with Crippen LogP contribution in [0, 0.1) is 6.92 Å². The summed E-state index contributed by atoms with van der Waals surface area (Å²) in [5.41, 5.74) is 7.78. The van der Waals surface area contributed by atoms with Crippen LogP contribution in [-0.2, 0) is 4.74 Å². The van der Waals surface area contributed by atoms with Crippen molar-refractivity contribution in [2.75, 3.05) is 6.61 Å². The van der Waals surface area contributed by atoms with E-state index in [4.69, 9.17) is 26.6 Å². The van der Waals surface area contributed by atoms with Crippen molar-refractivity contribution in [2.24, 2.45) is 5.73 Å². The highest BCUT2D eigenvalue weighted by Gasteiger charge is 2.22. The monoisotopic (exact) mass is 307 g/mol. The van der Waals surface area contributed by atoms with Gasteiger partial charge in [-0.05, 0) is 43.9 Å². The van der Waals surface area contributed by atoms with Crippen molar-refractivity contribution in [3.05, 3.63) is 34.6 Å². The zero-order chi connectivity index (χ0) is 14.8. The largest absolute Gasteiger partial charge is 0.376 e. The molecule has 2 aromatic rings. The van der Waals surface area contributed by atoms with E-state index in [1.165, 1.54) is 6.42 Å². The maximum Gasteiger partial charge on any atom is 0.258 e. The van der Waals surface area contributed by atoms with E-state index >= 15 is 0 Å². The summed E-state index contributed by atoms with van der Waals surface area (Å²) in [6, 6.07) is 5.21. The summed E-state index contributed by atoms with van der Waals surface area (Å²) < 4.78 is 11.0. The fourth-order valence-corrected chi connectivity index (χ4v) is 2.36. The number of benzene rings is 1. The molecule has 1 aromatic carbocycles. The Balaban J connectivity index is 1.71. The van der Waals surface area contributed by atoms with E-state index in [0.29, 0.717) is 29.4 Å². The Morgan fingerprint density at radius 3 is 3.00 bits per heavy atom. The number of hydrogen-bond acceptors (Lipinski definition) is 5. The van der Waals surface area contributed by atoms with E-state index in [0.717, 1.165) is 24.0 Å². The summed E-state index contributed by atoms with van der Waals surface area (Å²) in [7, 11) is 0. The van der Waals surface area contributed by atoms with Crippen molar-refractivity contribution >= 4 is 11.6 Å². The molecule has 1 atom stereocenters. The van der Waals surface area contributed by atoms with Gasteiger partial charge in [0, 0.05) is 10.6 Å². The fourth-order valence-electron chi connectivity index (χ4n) is 2.19. The second kappa shape index (κ2) is 6.13. The predicted octanol–water partition coefficient (Wildman–Crippen LogP) is 3.27. The van der Waals surface area contributed by atoms with Gasteiger partial charge < -0.3 is 15.0 Å². The summed E-state index contributed by atoms with van der Waals surface area (Å²) in [5, 5.41) is 4.62. The smallest absolute Gasteiger partial charge is 0.258 e. The maximum absolute atomic E-state index is 6.11. The summed E-state index contributed by atoms with van der Waals surface area (Å²) >= 11 is 6.11. The molecule has 0 aliphatic heterocycles. The first-order valence-electron chi connectivity index (χ1n) is 7.11. The van der Waals surface area contributed by atoms with Crippen LogP contribution >= 0.6 is 11.6 Å². The van der Waals surface area contributed by atoms with E-state index < -0.39 is 0 Å². The molecule has 0 saturated heterocycles. The molecule has 112 valence electrons. The highest BCUT2D eigenvalue weighted by atomic mass is 35.5. The first kappa shape index (κ1) is 14.5. The highest BCUT2D eigenvalue weighted by Crippen LogP contribution is 2.28. The zero-order valence-electron chi connectivity index (χ0n) is 11.9. The normalized spacial score (nSPS) is 16.7. The fraction of sp³-hybridized carbons (Fsp3) is 0.467. The Labute approximate surface area is 128 Å². The van der Waals surface area contributed by atoms with Crippen molar-refractivity contribution < 1.29 is 9.26 Å². The SMILES string of the molecule is Cc1c(Cl)cccc1-c1nc(C(N)COC2CCC2)no1. The van der Waals surface area contributed by atoms with Crippen LogP contribution in [0.5, 0.6) is 0 Å². The summed E-state index contributed by atoms with van der Waals surface area (Å²) in [4.78, 5) is 4.36. The minimum absolute atomic E-state index is 0.345. The number of nitrogens with zero attached hydrogens (tertiary/aromatic N) is 2. The van der Waals surface area contributed by atoms with E-state index in [9.17, 15) is 0 Å². The van der Waals surface area contributed by atoms with E-state index in [2.05, 4.69) is 10.1 Å². The number of ether oxygens (including phenoxy) is 1. The number of nitrogens with two attached hydrogens (primary N) is 1. The predicted molar refractivity (Wildman–Crippen MR) is 80.0 cm³/mol. The van der Waals surface area contributed by atoms with Crippen molar-refractivity contribution in [3.63, 3.8) is 0 Å².